The Morgan fingerprint density at radius 3 is 1.91 bits per heavy atom. The number of hydrogen-bond acceptors (Lipinski definition) is 4. The lowest BCUT2D eigenvalue weighted by molar-refractivity contribution is -0.144. The van der Waals surface area contributed by atoms with Gasteiger partial charge in [0, 0.05) is 17.2 Å². The molecular formula is C28H28N2O5. The number of amides is 2. The van der Waals surface area contributed by atoms with E-state index in [-0.39, 0.29) is 25.4 Å². The zero-order valence-corrected chi connectivity index (χ0v) is 19.7. The minimum atomic E-state index is -1.31. The van der Waals surface area contributed by atoms with Gasteiger partial charge >= 0.3 is 12.1 Å². The average Bonchev–Trinajstić information content (AvgIpc) is 3.20. The molecule has 3 aromatic carbocycles. The first-order valence-corrected chi connectivity index (χ1v) is 11.7. The molecule has 4 rings (SSSR count). The standard InChI is InChI=1S/C28H28N2O5/c1-3-28(4-2,26(32)33)30-25(31)18-13-15-19(16-14-18)29-27(34)35-17-24-22-11-7-5-9-20(22)21-10-6-8-12-23(21)24/h5-16,24H,3-4,17H2,1-2H3,(H,29,34)(H,30,31)(H,32,33). The molecule has 1 aliphatic carbocycles. The molecule has 180 valence electrons. The topological polar surface area (TPSA) is 105 Å². The van der Waals surface area contributed by atoms with Gasteiger partial charge in [-0.05, 0) is 59.4 Å². The fourth-order valence-corrected chi connectivity index (χ4v) is 4.53. The number of carbonyl (C=O) groups excluding carboxylic acids is 2. The van der Waals surface area contributed by atoms with Crippen molar-refractivity contribution >= 4 is 23.7 Å². The Morgan fingerprint density at radius 1 is 0.857 bits per heavy atom. The van der Waals surface area contributed by atoms with E-state index in [1.165, 1.54) is 12.1 Å². The normalized spacial score (nSPS) is 12.4. The molecule has 1 aliphatic rings. The molecule has 0 atom stereocenters. The molecule has 7 nitrogen and oxygen atoms in total. The van der Waals surface area contributed by atoms with E-state index in [0.29, 0.717) is 11.3 Å². The number of rotatable bonds is 8. The molecule has 7 heteroatoms. The summed E-state index contributed by atoms with van der Waals surface area (Å²) in [5, 5.41) is 14.8. The Labute approximate surface area is 204 Å². The van der Waals surface area contributed by atoms with Crippen LogP contribution in [0.15, 0.2) is 72.8 Å². The zero-order chi connectivity index (χ0) is 25.0. The number of ether oxygens (including phenoxy) is 1. The summed E-state index contributed by atoms with van der Waals surface area (Å²) in [6, 6.07) is 22.5. The van der Waals surface area contributed by atoms with Crippen LogP contribution in [0.2, 0.25) is 0 Å². The molecular weight excluding hydrogens is 444 g/mol. The number of carbonyl (C=O) groups is 3. The SMILES string of the molecule is CCC(CC)(NC(=O)c1ccc(NC(=O)OCC2c3ccccc3-c3ccccc32)cc1)C(=O)O. The number of fused-ring (bicyclic) bond motifs is 3. The Bertz CT molecular complexity index is 1200. The number of nitrogens with one attached hydrogen (secondary N) is 2. The highest BCUT2D eigenvalue weighted by molar-refractivity contribution is 5.98. The van der Waals surface area contributed by atoms with Crippen molar-refractivity contribution in [3.63, 3.8) is 0 Å². The van der Waals surface area contributed by atoms with Crippen molar-refractivity contribution in [3.05, 3.63) is 89.5 Å². The molecule has 0 bridgehead atoms. The van der Waals surface area contributed by atoms with Crippen LogP contribution in [0.1, 0.15) is 54.1 Å². The number of carboxylic acid groups (broad SMARTS) is 1. The summed E-state index contributed by atoms with van der Waals surface area (Å²) in [7, 11) is 0. The molecule has 0 heterocycles. The number of hydrogen-bond donors (Lipinski definition) is 3. The first-order valence-electron chi connectivity index (χ1n) is 11.7. The third-order valence-corrected chi connectivity index (χ3v) is 6.71. The molecule has 2 amide bonds. The monoisotopic (exact) mass is 472 g/mol. The molecule has 0 fully saturated rings. The summed E-state index contributed by atoms with van der Waals surface area (Å²) >= 11 is 0. The van der Waals surface area contributed by atoms with E-state index in [4.69, 9.17) is 4.74 Å². The van der Waals surface area contributed by atoms with Crippen molar-refractivity contribution in [3.8, 4) is 11.1 Å². The van der Waals surface area contributed by atoms with Crippen molar-refractivity contribution in [2.24, 2.45) is 0 Å². The molecule has 0 aromatic heterocycles. The van der Waals surface area contributed by atoms with Crippen LogP contribution in [0.3, 0.4) is 0 Å². The molecule has 0 saturated carbocycles. The summed E-state index contributed by atoms with van der Waals surface area (Å²) < 4.78 is 5.55. The minimum Gasteiger partial charge on any atom is -0.480 e. The van der Waals surface area contributed by atoms with Gasteiger partial charge in [-0.2, -0.15) is 0 Å². The number of benzene rings is 3. The molecule has 3 N–H and O–H groups in total. The molecule has 0 radical (unpaired) electrons. The quantitative estimate of drug-likeness (QED) is 0.406. The minimum absolute atomic E-state index is 0.0362. The van der Waals surface area contributed by atoms with Crippen LogP contribution in [0.4, 0.5) is 10.5 Å². The third-order valence-electron chi connectivity index (χ3n) is 6.71. The Hall–Kier alpha value is -4.13. The van der Waals surface area contributed by atoms with Crippen LogP contribution in [0, 0.1) is 0 Å². The van der Waals surface area contributed by atoms with E-state index in [2.05, 4.69) is 34.9 Å². The Balaban J connectivity index is 1.37. The highest BCUT2D eigenvalue weighted by atomic mass is 16.5. The van der Waals surface area contributed by atoms with Crippen LogP contribution in [-0.4, -0.2) is 35.2 Å². The molecule has 0 unspecified atom stereocenters. The van der Waals surface area contributed by atoms with Crippen LogP contribution < -0.4 is 10.6 Å². The van der Waals surface area contributed by atoms with Gasteiger partial charge in [-0.3, -0.25) is 10.1 Å². The lowest BCUT2D eigenvalue weighted by Gasteiger charge is -2.28. The fraction of sp³-hybridized carbons (Fsp3) is 0.250. The summed E-state index contributed by atoms with van der Waals surface area (Å²) in [5.41, 5.74) is 4.04. The van der Waals surface area contributed by atoms with Gasteiger partial charge in [-0.15, -0.1) is 0 Å². The molecule has 3 aromatic rings. The summed E-state index contributed by atoms with van der Waals surface area (Å²) in [6.07, 6.45) is -0.0521. The lowest BCUT2D eigenvalue weighted by Crippen LogP contribution is -2.53. The first kappa shape index (κ1) is 24.0. The van der Waals surface area contributed by atoms with Crippen molar-refractivity contribution < 1.29 is 24.2 Å². The largest absolute Gasteiger partial charge is 0.480 e. The second-order valence-electron chi connectivity index (χ2n) is 8.58. The van der Waals surface area contributed by atoms with Gasteiger partial charge in [0.1, 0.15) is 12.1 Å². The number of aliphatic carboxylic acids is 1. The second kappa shape index (κ2) is 10.0. The molecule has 0 spiro atoms. The summed E-state index contributed by atoms with van der Waals surface area (Å²) in [4.78, 5) is 36.7. The highest BCUT2D eigenvalue weighted by Crippen LogP contribution is 2.44. The number of anilines is 1. The van der Waals surface area contributed by atoms with E-state index in [1.54, 1.807) is 26.0 Å². The van der Waals surface area contributed by atoms with Crippen molar-refractivity contribution in [2.45, 2.75) is 38.1 Å². The lowest BCUT2D eigenvalue weighted by atomic mass is 9.92. The first-order chi connectivity index (χ1) is 16.9. The second-order valence-corrected chi connectivity index (χ2v) is 8.58. The van der Waals surface area contributed by atoms with Gasteiger partial charge in [0.05, 0.1) is 0 Å². The summed E-state index contributed by atoms with van der Waals surface area (Å²) in [6.45, 7) is 3.64. The molecule has 0 saturated heterocycles. The maximum absolute atomic E-state index is 12.6. The van der Waals surface area contributed by atoms with E-state index in [1.807, 2.05) is 24.3 Å². The Kier molecular flexibility index (Phi) is 6.87. The maximum atomic E-state index is 12.6. The van der Waals surface area contributed by atoms with Crippen molar-refractivity contribution in [1.29, 1.82) is 0 Å². The predicted octanol–water partition coefficient (Wildman–Crippen LogP) is 5.42. The van der Waals surface area contributed by atoms with E-state index < -0.39 is 23.5 Å². The Morgan fingerprint density at radius 2 is 1.40 bits per heavy atom. The molecule has 35 heavy (non-hydrogen) atoms. The van der Waals surface area contributed by atoms with E-state index in [9.17, 15) is 19.5 Å². The average molecular weight is 473 g/mol. The van der Waals surface area contributed by atoms with Gasteiger partial charge in [0.15, 0.2) is 0 Å². The van der Waals surface area contributed by atoms with Gasteiger partial charge < -0.3 is 15.2 Å². The summed E-state index contributed by atoms with van der Waals surface area (Å²) in [5.74, 6) is -1.58. The van der Waals surface area contributed by atoms with Gasteiger partial charge in [-0.1, -0.05) is 62.4 Å². The van der Waals surface area contributed by atoms with Crippen LogP contribution >= 0.6 is 0 Å². The van der Waals surface area contributed by atoms with Gasteiger partial charge in [-0.25, -0.2) is 9.59 Å². The number of carboxylic acids is 1. The van der Waals surface area contributed by atoms with Crippen molar-refractivity contribution in [1.82, 2.24) is 5.32 Å². The van der Waals surface area contributed by atoms with Gasteiger partial charge in [0.2, 0.25) is 0 Å². The van der Waals surface area contributed by atoms with E-state index >= 15 is 0 Å². The smallest absolute Gasteiger partial charge is 0.411 e. The predicted molar refractivity (Wildman–Crippen MR) is 134 cm³/mol. The van der Waals surface area contributed by atoms with Gasteiger partial charge in [0.25, 0.3) is 5.91 Å². The van der Waals surface area contributed by atoms with E-state index in [0.717, 1.165) is 22.3 Å². The van der Waals surface area contributed by atoms with Crippen LogP contribution in [0.25, 0.3) is 11.1 Å². The fourth-order valence-electron chi connectivity index (χ4n) is 4.53. The van der Waals surface area contributed by atoms with Crippen LogP contribution in [-0.2, 0) is 9.53 Å². The maximum Gasteiger partial charge on any atom is 0.411 e. The zero-order valence-electron chi connectivity index (χ0n) is 19.7. The highest BCUT2D eigenvalue weighted by Gasteiger charge is 2.36. The van der Waals surface area contributed by atoms with Crippen LogP contribution in [0.5, 0.6) is 0 Å². The van der Waals surface area contributed by atoms with Crippen molar-refractivity contribution in [2.75, 3.05) is 11.9 Å². The third kappa shape index (κ3) is 4.75. The molecule has 0 aliphatic heterocycles.